The van der Waals surface area contributed by atoms with Crippen molar-refractivity contribution in [1.29, 1.82) is 0 Å². The van der Waals surface area contributed by atoms with Crippen molar-refractivity contribution in [3.8, 4) is 0 Å². The molecule has 6 heteroatoms. The number of carbonyl (C=O) groups excluding carboxylic acids is 1. The van der Waals surface area contributed by atoms with Gasteiger partial charge in [-0.3, -0.25) is 4.79 Å². The third-order valence-electron chi connectivity index (χ3n) is 2.65. The molecule has 0 atom stereocenters. The summed E-state index contributed by atoms with van der Waals surface area (Å²) in [5, 5.41) is 2.43. The van der Waals surface area contributed by atoms with Crippen LogP contribution in [0.1, 0.15) is 15.9 Å². The van der Waals surface area contributed by atoms with E-state index in [4.69, 9.17) is 0 Å². The lowest BCUT2D eigenvalue weighted by molar-refractivity contribution is 0.102. The summed E-state index contributed by atoms with van der Waals surface area (Å²) in [7, 11) is 0. The molecule has 0 aliphatic carbocycles. The van der Waals surface area contributed by atoms with Crippen LogP contribution < -0.4 is 5.32 Å². The summed E-state index contributed by atoms with van der Waals surface area (Å²) < 4.78 is 40.0. The highest BCUT2D eigenvalue weighted by Gasteiger charge is 2.19. The summed E-state index contributed by atoms with van der Waals surface area (Å²) in [6, 6.07) is 6.73. The van der Waals surface area contributed by atoms with Crippen molar-refractivity contribution >= 4 is 27.5 Å². The Morgan fingerprint density at radius 3 is 2.45 bits per heavy atom. The van der Waals surface area contributed by atoms with Crippen LogP contribution in [0.5, 0.6) is 0 Å². The minimum atomic E-state index is -1.67. The Kier molecular flexibility index (Phi) is 4.13. The second kappa shape index (κ2) is 5.66. The minimum Gasteiger partial charge on any atom is -0.321 e. The van der Waals surface area contributed by atoms with Crippen molar-refractivity contribution in [3.05, 3.63) is 63.4 Å². The van der Waals surface area contributed by atoms with Crippen molar-refractivity contribution in [3.63, 3.8) is 0 Å². The molecule has 0 aliphatic heterocycles. The van der Waals surface area contributed by atoms with Crippen molar-refractivity contribution in [1.82, 2.24) is 0 Å². The Hall–Kier alpha value is -1.82. The topological polar surface area (TPSA) is 29.1 Å². The molecule has 20 heavy (non-hydrogen) atoms. The second-order valence-electron chi connectivity index (χ2n) is 4.16. The van der Waals surface area contributed by atoms with Gasteiger partial charge >= 0.3 is 0 Å². The van der Waals surface area contributed by atoms with Gasteiger partial charge in [-0.15, -0.1) is 0 Å². The van der Waals surface area contributed by atoms with E-state index >= 15 is 0 Å². The minimum absolute atomic E-state index is 0.407. The van der Waals surface area contributed by atoms with Crippen molar-refractivity contribution in [2.75, 3.05) is 5.32 Å². The van der Waals surface area contributed by atoms with Gasteiger partial charge in [-0.2, -0.15) is 0 Å². The fraction of sp³-hybridized carbons (Fsp3) is 0.0714. The first-order valence-electron chi connectivity index (χ1n) is 5.61. The molecule has 2 rings (SSSR count). The SMILES string of the molecule is Cc1ccc(NC(=O)c2ccc(F)c(F)c2F)c(Br)c1. The zero-order chi connectivity index (χ0) is 14.9. The number of carbonyl (C=O) groups is 1. The zero-order valence-electron chi connectivity index (χ0n) is 10.3. The predicted molar refractivity (Wildman–Crippen MR) is 73.1 cm³/mol. The lowest BCUT2D eigenvalue weighted by Gasteiger charge is -2.09. The zero-order valence-corrected chi connectivity index (χ0v) is 11.9. The summed E-state index contributed by atoms with van der Waals surface area (Å²) in [4.78, 5) is 11.9. The smallest absolute Gasteiger partial charge is 0.258 e. The third-order valence-corrected chi connectivity index (χ3v) is 3.31. The molecule has 104 valence electrons. The maximum absolute atomic E-state index is 13.5. The number of hydrogen-bond acceptors (Lipinski definition) is 1. The quantitative estimate of drug-likeness (QED) is 0.803. The van der Waals surface area contributed by atoms with Crippen LogP contribution in [0.2, 0.25) is 0 Å². The Morgan fingerprint density at radius 1 is 1.10 bits per heavy atom. The van der Waals surface area contributed by atoms with Gasteiger partial charge in [-0.05, 0) is 52.7 Å². The first-order chi connectivity index (χ1) is 9.40. The lowest BCUT2D eigenvalue weighted by atomic mass is 10.1. The van der Waals surface area contributed by atoms with Crippen LogP contribution in [0.15, 0.2) is 34.8 Å². The van der Waals surface area contributed by atoms with Gasteiger partial charge in [0.15, 0.2) is 17.5 Å². The molecule has 2 aromatic carbocycles. The maximum atomic E-state index is 13.5. The Morgan fingerprint density at radius 2 is 1.80 bits per heavy atom. The van der Waals surface area contributed by atoms with Crippen LogP contribution in [0.25, 0.3) is 0 Å². The normalized spacial score (nSPS) is 10.4. The largest absolute Gasteiger partial charge is 0.321 e. The van der Waals surface area contributed by atoms with Crippen LogP contribution in [-0.4, -0.2) is 5.91 Å². The average molecular weight is 344 g/mol. The monoisotopic (exact) mass is 343 g/mol. The fourth-order valence-corrected chi connectivity index (χ4v) is 2.20. The van der Waals surface area contributed by atoms with Crippen molar-refractivity contribution in [2.45, 2.75) is 6.92 Å². The molecule has 0 aromatic heterocycles. The molecule has 0 fully saturated rings. The standard InChI is InChI=1S/C14H9BrF3NO/c1-7-2-5-11(9(15)6-7)19-14(20)8-3-4-10(16)13(18)12(8)17/h2-6H,1H3,(H,19,20). The number of amides is 1. The number of benzene rings is 2. The second-order valence-corrected chi connectivity index (χ2v) is 5.01. The molecule has 0 aliphatic rings. The molecule has 0 spiro atoms. The highest BCUT2D eigenvalue weighted by molar-refractivity contribution is 9.10. The number of nitrogens with one attached hydrogen (secondary N) is 1. The first kappa shape index (κ1) is 14.6. The van der Waals surface area contributed by atoms with Gasteiger partial charge in [0, 0.05) is 4.47 Å². The highest BCUT2D eigenvalue weighted by Crippen LogP contribution is 2.24. The van der Waals surface area contributed by atoms with E-state index in [1.807, 2.05) is 6.92 Å². The van der Waals surface area contributed by atoms with E-state index in [1.54, 1.807) is 18.2 Å². The molecule has 1 N–H and O–H groups in total. The van der Waals surface area contributed by atoms with E-state index in [9.17, 15) is 18.0 Å². The van der Waals surface area contributed by atoms with Gasteiger partial charge in [0.2, 0.25) is 0 Å². The predicted octanol–water partition coefficient (Wildman–Crippen LogP) is 4.43. The Balaban J connectivity index is 2.31. The van der Waals surface area contributed by atoms with E-state index in [-0.39, 0.29) is 0 Å². The summed E-state index contributed by atoms with van der Waals surface area (Å²) >= 11 is 3.25. The Labute approximate surface area is 121 Å². The summed E-state index contributed by atoms with van der Waals surface area (Å²) in [5.74, 6) is -5.37. The molecule has 2 aromatic rings. The number of anilines is 1. The highest BCUT2D eigenvalue weighted by atomic mass is 79.9. The molecule has 1 amide bonds. The molecular formula is C14H9BrF3NO. The first-order valence-corrected chi connectivity index (χ1v) is 6.40. The van der Waals surface area contributed by atoms with Gasteiger partial charge in [0.05, 0.1) is 11.3 Å². The van der Waals surface area contributed by atoms with Crippen LogP contribution in [-0.2, 0) is 0 Å². The summed E-state index contributed by atoms with van der Waals surface area (Å²) in [6.45, 7) is 1.87. The van der Waals surface area contributed by atoms with E-state index < -0.39 is 28.9 Å². The summed E-state index contributed by atoms with van der Waals surface area (Å²) in [5.41, 5.74) is 0.815. The van der Waals surface area contributed by atoms with Crippen LogP contribution in [0, 0.1) is 24.4 Å². The van der Waals surface area contributed by atoms with Crippen LogP contribution >= 0.6 is 15.9 Å². The van der Waals surface area contributed by atoms with Gasteiger partial charge in [-0.1, -0.05) is 6.07 Å². The van der Waals surface area contributed by atoms with Crippen LogP contribution in [0.3, 0.4) is 0 Å². The number of hydrogen-bond donors (Lipinski definition) is 1. The fourth-order valence-electron chi connectivity index (χ4n) is 1.61. The number of aryl methyl sites for hydroxylation is 1. The maximum Gasteiger partial charge on any atom is 0.258 e. The molecule has 0 saturated heterocycles. The number of rotatable bonds is 2. The molecule has 0 saturated carbocycles. The molecule has 0 radical (unpaired) electrons. The average Bonchev–Trinajstić information content (AvgIpc) is 2.39. The van der Waals surface area contributed by atoms with E-state index in [0.29, 0.717) is 16.2 Å². The van der Waals surface area contributed by atoms with Gasteiger partial charge in [0.1, 0.15) is 0 Å². The number of halogens is 4. The van der Waals surface area contributed by atoms with Gasteiger partial charge < -0.3 is 5.32 Å². The molecular weight excluding hydrogens is 335 g/mol. The van der Waals surface area contributed by atoms with E-state index in [1.165, 1.54) is 0 Å². The molecule has 0 heterocycles. The third kappa shape index (κ3) is 2.85. The van der Waals surface area contributed by atoms with Gasteiger partial charge in [0.25, 0.3) is 5.91 Å². The molecule has 2 nitrogen and oxygen atoms in total. The lowest BCUT2D eigenvalue weighted by Crippen LogP contribution is -2.15. The van der Waals surface area contributed by atoms with Crippen LogP contribution in [0.4, 0.5) is 18.9 Å². The van der Waals surface area contributed by atoms with Crippen molar-refractivity contribution < 1.29 is 18.0 Å². The van der Waals surface area contributed by atoms with Crippen molar-refractivity contribution in [2.24, 2.45) is 0 Å². The molecule has 0 bridgehead atoms. The van der Waals surface area contributed by atoms with Gasteiger partial charge in [-0.25, -0.2) is 13.2 Å². The Bertz CT molecular complexity index is 688. The summed E-state index contributed by atoms with van der Waals surface area (Å²) in [6.07, 6.45) is 0. The van der Waals surface area contributed by atoms with E-state index in [0.717, 1.165) is 11.6 Å². The van der Waals surface area contributed by atoms with E-state index in [2.05, 4.69) is 21.2 Å². The molecule has 0 unspecified atom stereocenters.